The Balaban J connectivity index is 1.58. The van der Waals surface area contributed by atoms with Crippen molar-refractivity contribution in [3.63, 3.8) is 0 Å². The smallest absolute Gasteiger partial charge is 0.242 e. The van der Waals surface area contributed by atoms with Crippen LogP contribution < -0.4 is 0 Å². The topological polar surface area (TPSA) is 42.0 Å². The van der Waals surface area contributed by atoms with Gasteiger partial charge < -0.3 is 14.4 Å². The average Bonchev–Trinajstić information content (AvgIpc) is 2.62. The molecule has 3 rings (SSSR count). The molecule has 1 aliphatic carbocycles. The van der Waals surface area contributed by atoms with Crippen molar-refractivity contribution < 1.29 is 14.3 Å². The minimum Gasteiger partial charge on any atom is -0.381 e. The summed E-state index contributed by atoms with van der Waals surface area (Å²) < 4.78 is 11.1. The van der Waals surface area contributed by atoms with Crippen molar-refractivity contribution in [3.05, 3.63) is 0 Å². The van der Waals surface area contributed by atoms with E-state index in [9.17, 15) is 4.79 Å². The normalized spacial score (nSPS) is 28.7. The Hall–Kier alpha value is -0.650. The summed E-state index contributed by atoms with van der Waals surface area (Å²) in [6, 6.07) is 0.349. The zero-order valence-electron chi connectivity index (χ0n) is 14.5. The molecular weight excluding hydrogens is 292 g/mol. The number of likely N-dealkylation sites (N-methyl/N-ethyl adjacent to an activating group) is 1. The molecule has 5 nitrogen and oxygen atoms in total. The molecule has 0 bridgehead atoms. The van der Waals surface area contributed by atoms with Gasteiger partial charge in [0.25, 0.3) is 0 Å². The number of morpholine rings is 1. The van der Waals surface area contributed by atoms with Crippen LogP contribution in [0.5, 0.6) is 0 Å². The van der Waals surface area contributed by atoms with Crippen molar-refractivity contribution in [1.29, 1.82) is 0 Å². The fourth-order valence-corrected chi connectivity index (χ4v) is 4.23. The van der Waals surface area contributed by atoms with Gasteiger partial charge in [0.15, 0.2) is 0 Å². The van der Waals surface area contributed by atoms with Gasteiger partial charge in [-0.25, -0.2) is 0 Å². The van der Waals surface area contributed by atoms with Gasteiger partial charge in [0, 0.05) is 39.4 Å². The Morgan fingerprint density at radius 2 is 1.78 bits per heavy atom. The lowest BCUT2D eigenvalue weighted by atomic mass is 9.94. The quantitative estimate of drug-likeness (QED) is 0.792. The maximum absolute atomic E-state index is 13.0. The van der Waals surface area contributed by atoms with Crippen molar-refractivity contribution in [1.82, 2.24) is 9.80 Å². The van der Waals surface area contributed by atoms with Crippen LogP contribution in [0.2, 0.25) is 0 Å². The van der Waals surface area contributed by atoms with Crippen LogP contribution in [-0.2, 0) is 14.3 Å². The zero-order valence-corrected chi connectivity index (χ0v) is 14.5. The number of nitrogens with zero attached hydrogens (tertiary/aromatic N) is 2. The second-order valence-electron chi connectivity index (χ2n) is 7.38. The van der Waals surface area contributed by atoms with Gasteiger partial charge in [-0.3, -0.25) is 9.69 Å². The highest BCUT2D eigenvalue weighted by Crippen LogP contribution is 2.24. The lowest BCUT2D eigenvalue weighted by Gasteiger charge is -2.41. The molecular formula is C18H32N2O3. The van der Waals surface area contributed by atoms with E-state index in [0.717, 1.165) is 58.6 Å². The molecule has 5 heteroatoms. The molecule has 23 heavy (non-hydrogen) atoms. The van der Waals surface area contributed by atoms with E-state index in [1.165, 1.54) is 19.3 Å². The van der Waals surface area contributed by atoms with E-state index in [0.29, 0.717) is 18.6 Å². The van der Waals surface area contributed by atoms with Crippen LogP contribution in [-0.4, -0.2) is 74.4 Å². The lowest BCUT2D eigenvalue weighted by molar-refractivity contribution is -0.145. The van der Waals surface area contributed by atoms with Gasteiger partial charge in [0.1, 0.15) is 6.04 Å². The number of rotatable bonds is 4. The van der Waals surface area contributed by atoms with Crippen molar-refractivity contribution in [2.75, 3.05) is 46.6 Å². The number of hydrogen-bond acceptors (Lipinski definition) is 4. The van der Waals surface area contributed by atoms with Crippen LogP contribution in [0.15, 0.2) is 0 Å². The highest BCUT2D eigenvalue weighted by atomic mass is 16.5. The zero-order chi connectivity index (χ0) is 16.1. The van der Waals surface area contributed by atoms with Gasteiger partial charge in [-0.1, -0.05) is 19.3 Å². The van der Waals surface area contributed by atoms with Crippen LogP contribution >= 0.6 is 0 Å². The third-order valence-electron chi connectivity index (χ3n) is 5.83. The Morgan fingerprint density at radius 3 is 2.52 bits per heavy atom. The number of carbonyl (C=O) groups is 1. The first kappa shape index (κ1) is 17.2. The molecule has 2 saturated heterocycles. The van der Waals surface area contributed by atoms with E-state index >= 15 is 0 Å². The monoisotopic (exact) mass is 324 g/mol. The van der Waals surface area contributed by atoms with Crippen molar-refractivity contribution in [2.24, 2.45) is 5.92 Å². The summed E-state index contributed by atoms with van der Waals surface area (Å²) in [7, 11) is 2.00. The molecule has 3 aliphatic rings. The van der Waals surface area contributed by atoms with E-state index in [1.54, 1.807) is 0 Å². The summed E-state index contributed by atoms with van der Waals surface area (Å²) in [4.78, 5) is 17.4. The minimum absolute atomic E-state index is 0.0847. The van der Waals surface area contributed by atoms with Gasteiger partial charge >= 0.3 is 0 Å². The molecule has 1 atom stereocenters. The molecule has 2 aliphatic heterocycles. The lowest BCUT2D eigenvalue weighted by Crippen LogP contribution is -2.57. The first-order valence-corrected chi connectivity index (χ1v) is 9.42. The van der Waals surface area contributed by atoms with E-state index < -0.39 is 0 Å². The van der Waals surface area contributed by atoms with E-state index in [2.05, 4.69) is 4.90 Å². The molecule has 0 spiro atoms. The second kappa shape index (κ2) is 8.45. The third-order valence-corrected chi connectivity index (χ3v) is 5.83. The Bertz CT molecular complexity index is 378. The van der Waals surface area contributed by atoms with Crippen LogP contribution in [0, 0.1) is 5.92 Å². The van der Waals surface area contributed by atoms with Crippen molar-refractivity contribution in [3.8, 4) is 0 Å². The standard InChI is InChI=1S/C18H32N2O3/c1-19(16-5-3-2-4-6-16)18(21)17-14-23-12-9-20(17)13-15-7-10-22-11-8-15/h15-17H,2-14H2,1H3/t17-/m1/s1. The third kappa shape index (κ3) is 4.46. The molecule has 0 aromatic heterocycles. The maximum Gasteiger partial charge on any atom is 0.242 e. The average molecular weight is 324 g/mol. The summed E-state index contributed by atoms with van der Waals surface area (Å²) in [5, 5.41) is 0. The number of ether oxygens (including phenoxy) is 2. The van der Waals surface area contributed by atoms with Gasteiger partial charge in [-0.2, -0.15) is 0 Å². The summed E-state index contributed by atoms with van der Waals surface area (Å²) in [6.07, 6.45) is 8.41. The number of carbonyl (C=O) groups excluding carboxylic acids is 1. The first-order valence-electron chi connectivity index (χ1n) is 9.42. The van der Waals surface area contributed by atoms with Gasteiger partial charge in [0.05, 0.1) is 13.2 Å². The molecule has 1 saturated carbocycles. The second-order valence-corrected chi connectivity index (χ2v) is 7.38. The molecule has 0 unspecified atom stereocenters. The predicted molar refractivity (Wildman–Crippen MR) is 89.4 cm³/mol. The summed E-state index contributed by atoms with van der Waals surface area (Å²) in [5.74, 6) is 0.931. The molecule has 132 valence electrons. The van der Waals surface area contributed by atoms with Gasteiger partial charge in [0.2, 0.25) is 5.91 Å². The molecule has 1 amide bonds. The molecule has 0 N–H and O–H groups in total. The first-order chi connectivity index (χ1) is 11.3. The molecule has 0 aromatic carbocycles. The summed E-state index contributed by atoms with van der Waals surface area (Å²) in [5.41, 5.74) is 0. The molecule has 0 radical (unpaired) electrons. The van der Waals surface area contributed by atoms with Crippen LogP contribution in [0.25, 0.3) is 0 Å². The highest BCUT2D eigenvalue weighted by Gasteiger charge is 2.35. The van der Waals surface area contributed by atoms with Gasteiger partial charge in [-0.15, -0.1) is 0 Å². The minimum atomic E-state index is -0.0847. The molecule has 0 aromatic rings. The largest absolute Gasteiger partial charge is 0.381 e. The van der Waals surface area contributed by atoms with Crippen LogP contribution in [0.1, 0.15) is 44.9 Å². The van der Waals surface area contributed by atoms with E-state index in [4.69, 9.17) is 9.47 Å². The number of hydrogen-bond donors (Lipinski definition) is 0. The number of amides is 1. The Labute approximate surface area is 140 Å². The summed E-state index contributed by atoms with van der Waals surface area (Å²) >= 11 is 0. The fraction of sp³-hybridized carbons (Fsp3) is 0.944. The maximum atomic E-state index is 13.0. The molecule has 2 heterocycles. The Kier molecular flexibility index (Phi) is 6.31. The van der Waals surface area contributed by atoms with E-state index in [-0.39, 0.29) is 11.9 Å². The van der Waals surface area contributed by atoms with E-state index in [1.807, 2.05) is 11.9 Å². The molecule has 3 fully saturated rings. The highest BCUT2D eigenvalue weighted by molar-refractivity contribution is 5.82. The Morgan fingerprint density at radius 1 is 1.04 bits per heavy atom. The van der Waals surface area contributed by atoms with Crippen molar-refractivity contribution in [2.45, 2.75) is 57.0 Å². The van der Waals surface area contributed by atoms with Gasteiger partial charge in [-0.05, 0) is 31.6 Å². The predicted octanol–water partition coefficient (Wildman–Crippen LogP) is 1.90. The SMILES string of the molecule is CN(C(=O)[C@H]1COCCN1CC1CCOCC1)C1CCCCC1. The van der Waals surface area contributed by atoms with Crippen LogP contribution in [0.4, 0.5) is 0 Å². The van der Waals surface area contributed by atoms with Crippen molar-refractivity contribution >= 4 is 5.91 Å². The fourth-order valence-electron chi connectivity index (χ4n) is 4.23. The summed E-state index contributed by atoms with van der Waals surface area (Å²) in [6.45, 7) is 4.94. The van der Waals surface area contributed by atoms with Crippen LogP contribution in [0.3, 0.4) is 0 Å².